The molecular weight excluding hydrogens is 306 g/mol. The van der Waals surface area contributed by atoms with Gasteiger partial charge in [0.1, 0.15) is 11.8 Å². The van der Waals surface area contributed by atoms with E-state index in [9.17, 15) is 5.26 Å². The molecule has 0 saturated heterocycles. The summed E-state index contributed by atoms with van der Waals surface area (Å²) in [6.07, 6.45) is 0. The largest absolute Gasteiger partial charge is 0.497 e. The van der Waals surface area contributed by atoms with E-state index in [0.717, 1.165) is 28.0 Å². The van der Waals surface area contributed by atoms with Gasteiger partial charge in [-0.2, -0.15) is 5.26 Å². The molecule has 0 amide bonds. The zero-order chi connectivity index (χ0) is 17.6. The molecule has 0 aliphatic carbocycles. The van der Waals surface area contributed by atoms with Crippen molar-refractivity contribution in [3.05, 3.63) is 101 Å². The summed E-state index contributed by atoms with van der Waals surface area (Å²) < 4.78 is 5.26. The fourth-order valence-corrected chi connectivity index (χ4v) is 2.80. The highest BCUT2D eigenvalue weighted by Gasteiger charge is 2.14. The van der Waals surface area contributed by atoms with Crippen LogP contribution in [0.1, 0.15) is 22.3 Å². The Morgan fingerprint density at radius 2 is 1.32 bits per heavy atom. The molecule has 0 unspecified atom stereocenters. The van der Waals surface area contributed by atoms with E-state index in [2.05, 4.69) is 6.07 Å². The van der Waals surface area contributed by atoms with E-state index in [-0.39, 0.29) is 0 Å². The van der Waals surface area contributed by atoms with Crippen molar-refractivity contribution in [2.75, 3.05) is 7.11 Å². The number of hydrogen-bond acceptors (Lipinski definition) is 2. The van der Waals surface area contributed by atoms with E-state index in [1.54, 1.807) is 7.11 Å². The van der Waals surface area contributed by atoms with Crippen LogP contribution in [0, 0.1) is 18.3 Å². The monoisotopic (exact) mass is 325 g/mol. The maximum atomic E-state index is 9.91. The highest BCUT2D eigenvalue weighted by molar-refractivity contribution is 6.03. The van der Waals surface area contributed by atoms with Gasteiger partial charge >= 0.3 is 0 Å². The van der Waals surface area contributed by atoms with Gasteiger partial charge in [-0.05, 0) is 35.7 Å². The van der Waals surface area contributed by atoms with Gasteiger partial charge in [0.2, 0.25) is 0 Å². The van der Waals surface area contributed by atoms with Crippen molar-refractivity contribution in [2.45, 2.75) is 6.92 Å². The summed E-state index contributed by atoms with van der Waals surface area (Å²) in [4.78, 5) is 0. The Kier molecular flexibility index (Phi) is 4.97. The number of aryl methyl sites for hydroxylation is 1. The van der Waals surface area contributed by atoms with Gasteiger partial charge in [-0.3, -0.25) is 0 Å². The molecule has 0 fully saturated rings. The summed E-state index contributed by atoms with van der Waals surface area (Å²) in [6.45, 7) is 2.04. The van der Waals surface area contributed by atoms with Crippen LogP contribution in [-0.2, 0) is 0 Å². The molecule has 0 aliphatic rings. The molecule has 0 aliphatic heterocycles. The summed E-state index contributed by atoms with van der Waals surface area (Å²) in [5, 5.41) is 9.91. The lowest BCUT2D eigenvalue weighted by atomic mass is 9.90. The number of benzene rings is 3. The number of ether oxygens (including phenoxy) is 1. The van der Waals surface area contributed by atoms with E-state index >= 15 is 0 Å². The third kappa shape index (κ3) is 3.62. The Labute approximate surface area is 148 Å². The summed E-state index contributed by atoms with van der Waals surface area (Å²) >= 11 is 0. The molecule has 0 heterocycles. The van der Waals surface area contributed by atoms with Crippen molar-refractivity contribution in [3.63, 3.8) is 0 Å². The predicted molar refractivity (Wildman–Crippen MR) is 102 cm³/mol. The average Bonchev–Trinajstić information content (AvgIpc) is 2.68. The minimum atomic E-state index is 0.663. The minimum absolute atomic E-state index is 0.663. The molecule has 25 heavy (non-hydrogen) atoms. The van der Waals surface area contributed by atoms with Crippen LogP contribution < -0.4 is 4.74 Å². The number of rotatable bonds is 4. The van der Waals surface area contributed by atoms with E-state index in [1.165, 1.54) is 5.56 Å². The summed E-state index contributed by atoms with van der Waals surface area (Å²) in [6, 6.07) is 28.3. The molecule has 2 heteroatoms. The Hall–Kier alpha value is -3.31. The smallest absolute Gasteiger partial charge is 0.118 e. The summed E-state index contributed by atoms with van der Waals surface area (Å²) in [7, 11) is 1.65. The molecule has 3 rings (SSSR count). The van der Waals surface area contributed by atoms with E-state index < -0.39 is 0 Å². The number of nitriles is 1. The molecule has 122 valence electrons. The van der Waals surface area contributed by atoms with Crippen LogP contribution in [0.5, 0.6) is 5.75 Å². The fourth-order valence-electron chi connectivity index (χ4n) is 2.80. The molecule has 0 spiro atoms. The number of hydrogen-bond donors (Lipinski definition) is 0. The van der Waals surface area contributed by atoms with Crippen molar-refractivity contribution >= 4 is 11.1 Å². The lowest BCUT2D eigenvalue weighted by Gasteiger charge is -2.13. The van der Waals surface area contributed by atoms with Gasteiger partial charge in [0.25, 0.3) is 0 Å². The number of allylic oxidation sites excluding steroid dienone is 1. The maximum Gasteiger partial charge on any atom is 0.118 e. The second-order valence-electron chi connectivity index (χ2n) is 5.82. The first-order chi connectivity index (χ1) is 12.2. The fraction of sp³-hybridized carbons (Fsp3) is 0.0870. The van der Waals surface area contributed by atoms with Crippen LogP contribution in [0.15, 0.2) is 78.9 Å². The maximum absolute atomic E-state index is 9.91. The number of nitrogens with zero attached hydrogens (tertiary/aromatic N) is 1. The van der Waals surface area contributed by atoms with Gasteiger partial charge in [-0.1, -0.05) is 72.3 Å². The van der Waals surface area contributed by atoms with E-state index in [0.29, 0.717) is 5.57 Å². The molecular formula is C23H19NO. The lowest BCUT2D eigenvalue weighted by molar-refractivity contribution is 0.415. The van der Waals surface area contributed by atoms with Crippen molar-refractivity contribution in [1.29, 1.82) is 5.26 Å². The normalized spacial score (nSPS) is 11.4. The first-order valence-electron chi connectivity index (χ1n) is 8.14. The van der Waals surface area contributed by atoms with Gasteiger partial charge in [0, 0.05) is 5.57 Å². The average molecular weight is 325 g/mol. The van der Waals surface area contributed by atoms with Crippen LogP contribution >= 0.6 is 0 Å². The molecule has 0 radical (unpaired) electrons. The third-order valence-corrected chi connectivity index (χ3v) is 4.14. The molecule has 2 nitrogen and oxygen atoms in total. The van der Waals surface area contributed by atoms with Gasteiger partial charge in [-0.25, -0.2) is 0 Å². The first-order valence-corrected chi connectivity index (χ1v) is 8.14. The highest BCUT2D eigenvalue weighted by Crippen LogP contribution is 2.32. The van der Waals surface area contributed by atoms with Crippen molar-refractivity contribution in [1.82, 2.24) is 0 Å². The Morgan fingerprint density at radius 3 is 1.88 bits per heavy atom. The highest BCUT2D eigenvalue weighted by atomic mass is 16.5. The molecule has 0 aromatic heterocycles. The van der Waals surface area contributed by atoms with Crippen LogP contribution in [0.25, 0.3) is 11.1 Å². The number of methoxy groups -OCH3 is 1. The molecule has 0 atom stereocenters. The second kappa shape index (κ2) is 7.51. The van der Waals surface area contributed by atoms with Gasteiger partial charge in [-0.15, -0.1) is 0 Å². The van der Waals surface area contributed by atoms with Crippen molar-refractivity contribution in [2.24, 2.45) is 0 Å². The van der Waals surface area contributed by atoms with Gasteiger partial charge in [0.15, 0.2) is 0 Å². The summed E-state index contributed by atoms with van der Waals surface area (Å²) in [5.41, 5.74) is 5.69. The lowest BCUT2D eigenvalue weighted by Crippen LogP contribution is -1.94. The first kappa shape index (κ1) is 16.5. The van der Waals surface area contributed by atoms with Gasteiger partial charge < -0.3 is 4.74 Å². The molecule has 0 bridgehead atoms. The Morgan fingerprint density at radius 1 is 0.760 bits per heavy atom. The van der Waals surface area contributed by atoms with E-state index in [4.69, 9.17) is 4.74 Å². The summed E-state index contributed by atoms with van der Waals surface area (Å²) in [5.74, 6) is 0.796. The Balaban J connectivity index is 2.25. The molecule has 3 aromatic rings. The molecule has 0 N–H and O–H groups in total. The van der Waals surface area contributed by atoms with Crippen LogP contribution in [0.4, 0.5) is 0 Å². The van der Waals surface area contributed by atoms with Gasteiger partial charge in [0.05, 0.1) is 12.7 Å². The standard InChI is InChI=1S/C23H19NO/c1-17-8-10-18(11-9-17)22(16-24)23(19-6-4-3-5-7-19)20-12-14-21(25-2)15-13-20/h3-15H,1-2H3/b23-22+. The van der Waals surface area contributed by atoms with Crippen molar-refractivity contribution in [3.8, 4) is 11.8 Å². The van der Waals surface area contributed by atoms with Crippen LogP contribution in [0.2, 0.25) is 0 Å². The van der Waals surface area contributed by atoms with E-state index in [1.807, 2.05) is 85.8 Å². The zero-order valence-corrected chi connectivity index (χ0v) is 14.4. The Bertz CT molecular complexity index is 915. The molecule has 0 saturated carbocycles. The predicted octanol–water partition coefficient (Wildman–Crippen LogP) is 5.49. The quantitative estimate of drug-likeness (QED) is 0.469. The topological polar surface area (TPSA) is 33.0 Å². The third-order valence-electron chi connectivity index (χ3n) is 4.14. The zero-order valence-electron chi connectivity index (χ0n) is 14.4. The van der Waals surface area contributed by atoms with Crippen molar-refractivity contribution < 1.29 is 4.74 Å². The minimum Gasteiger partial charge on any atom is -0.497 e. The SMILES string of the molecule is COc1ccc(/C(=C(\C#N)c2ccc(C)cc2)c2ccccc2)cc1. The van der Waals surface area contributed by atoms with Crippen LogP contribution in [0.3, 0.4) is 0 Å². The molecule has 3 aromatic carbocycles. The second-order valence-corrected chi connectivity index (χ2v) is 5.82. The van der Waals surface area contributed by atoms with Crippen LogP contribution in [-0.4, -0.2) is 7.11 Å².